The lowest BCUT2D eigenvalue weighted by Gasteiger charge is -2.26. The average molecular weight is 497 g/mol. The van der Waals surface area contributed by atoms with E-state index in [2.05, 4.69) is 16.0 Å². The van der Waals surface area contributed by atoms with Gasteiger partial charge in [-0.05, 0) is 64.3 Å². The minimum absolute atomic E-state index is 0.0236. The molecule has 0 radical (unpaired) electrons. The van der Waals surface area contributed by atoms with Gasteiger partial charge in [-0.1, -0.05) is 6.07 Å². The molecule has 1 aliphatic heterocycles. The third-order valence-electron chi connectivity index (χ3n) is 6.54. The van der Waals surface area contributed by atoms with Gasteiger partial charge in [-0.25, -0.2) is 4.98 Å². The number of carbonyl (C=O) groups excluding carboxylic acids is 1. The van der Waals surface area contributed by atoms with Crippen LogP contribution in [-0.4, -0.2) is 56.7 Å². The topological polar surface area (TPSA) is 108 Å². The van der Waals surface area contributed by atoms with Crippen molar-refractivity contribution in [3.8, 4) is 11.4 Å². The van der Waals surface area contributed by atoms with E-state index in [0.717, 1.165) is 40.8 Å². The van der Waals surface area contributed by atoms with Crippen LogP contribution >= 0.6 is 0 Å². The van der Waals surface area contributed by atoms with Crippen molar-refractivity contribution in [2.24, 2.45) is 7.05 Å². The van der Waals surface area contributed by atoms with Crippen LogP contribution in [0.25, 0.3) is 22.4 Å². The van der Waals surface area contributed by atoms with E-state index in [1.54, 1.807) is 32.4 Å². The Labute approximate surface area is 211 Å². The molecule has 2 N–H and O–H groups in total. The average Bonchev–Trinajstić information content (AvgIpc) is 3.21. The molecule has 9 nitrogen and oxygen atoms in total. The molecule has 1 aromatic carbocycles. The van der Waals surface area contributed by atoms with Crippen molar-refractivity contribution in [2.45, 2.75) is 71.4 Å². The molecule has 194 valence electrons. The minimum atomic E-state index is -0.896. The van der Waals surface area contributed by atoms with Gasteiger partial charge in [0.2, 0.25) is 0 Å². The summed E-state index contributed by atoms with van der Waals surface area (Å²) in [6.07, 6.45) is 2.42. The van der Waals surface area contributed by atoms with Gasteiger partial charge in [0.25, 0.3) is 5.56 Å². The fourth-order valence-corrected chi connectivity index (χ4v) is 4.75. The standard InChI is InChI=1S/C27H36N4O5/c1-16(2)36-27(34)24(18(4)32)28-14-19-6-7-22-23(13-19)31(21-8-10-35-11-9-21)25(29-22)20-12-17(3)26(33)30(5)15-20/h6-7,12-13,15-16,18,21,24,28,32H,8-11,14H2,1-5H3/t18-,24+/m1/s1. The van der Waals surface area contributed by atoms with Crippen molar-refractivity contribution in [3.05, 3.63) is 51.9 Å². The maximum absolute atomic E-state index is 12.4. The maximum atomic E-state index is 12.4. The van der Waals surface area contributed by atoms with Crippen LogP contribution in [0, 0.1) is 6.92 Å². The Morgan fingerprint density at radius 3 is 2.61 bits per heavy atom. The molecule has 3 aromatic rings. The third-order valence-corrected chi connectivity index (χ3v) is 6.54. The molecule has 0 spiro atoms. The highest BCUT2D eigenvalue weighted by Gasteiger charge is 2.26. The number of pyridine rings is 1. The molecule has 0 amide bonds. The number of hydrogen-bond acceptors (Lipinski definition) is 7. The van der Waals surface area contributed by atoms with Crippen molar-refractivity contribution in [2.75, 3.05) is 13.2 Å². The summed E-state index contributed by atoms with van der Waals surface area (Å²) >= 11 is 0. The Kier molecular flexibility index (Phi) is 7.92. The lowest BCUT2D eigenvalue weighted by molar-refractivity contribution is -0.152. The van der Waals surface area contributed by atoms with Gasteiger partial charge in [0.15, 0.2) is 0 Å². The number of hydrogen-bond donors (Lipinski definition) is 2. The molecule has 36 heavy (non-hydrogen) atoms. The van der Waals surface area contributed by atoms with Crippen LogP contribution in [0.3, 0.4) is 0 Å². The maximum Gasteiger partial charge on any atom is 0.326 e. The predicted molar refractivity (Wildman–Crippen MR) is 138 cm³/mol. The molecular formula is C27H36N4O5. The van der Waals surface area contributed by atoms with E-state index >= 15 is 0 Å². The number of imidazole rings is 1. The third kappa shape index (κ3) is 5.53. The fourth-order valence-electron chi connectivity index (χ4n) is 4.75. The molecule has 4 rings (SSSR count). The Balaban J connectivity index is 1.72. The second kappa shape index (κ2) is 10.9. The molecule has 0 aliphatic carbocycles. The Bertz CT molecular complexity index is 1260. The Hall–Kier alpha value is -3.01. The number of aliphatic hydroxyl groups excluding tert-OH is 1. The normalized spacial score (nSPS) is 16.4. The summed E-state index contributed by atoms with van der Waals surface area (Å²) in [5.74, 6) is 0.351. The predicted octanol–water partition coefficient (Wildman–Crippen LogP) is 2.85. The summed E-state index contributed by atoms with van der Waals surface area (Å²) in [7, 11) is 1.76. The summed E-state index contributed by atoms with van der Waals surface area (Å²) < 4.78 is 14.8. The van der Waals surface area contributed by atoms with Crippen LogP contribution in [-0.2, 0) is 27.9 Å². The highest BCUT2D eigenvalue weighted by molar-refractivity contribution is 5.82. The van der Waals surface area contributed by atoms with Crippen LogP contribution in [0.15, 0.2) is 35.3 Å². The van der Waals surface area contributed by atoms with Gasteiger partial charge in [-0.2, -0.15) is 0 Å². The molecular weight excluding hydrogens is 460 g/mol. The van der Waals surface area contributed by atoms with Gasteiger partial charge in [0.05, 0.1) is 23.2 Å². The molecule has 0 bridgehead atoms. The van der Waals surface area contributed by atoms with Crippen LogP contribution < -0.4 is 10.9 Å². The van der Waals surface area contributed by atoms with Crippen molar-refractivity contribution < 1.29 is 19.4 Å². The first kappa shape index (κ1) is 26.1. The number of nitrogens with one attached hydrogen (secondary N) is 1. The van der Waals surface area contributed by atoms with Crippen LogP contribution in [0.4, 0.5) is 0 Å². The summed E-state index contributed by atoms with van der Waals surface area (Å²) in [6.45, 7) is 8.71. The zero-order valence-corrected chi connectivity index (χ0v) is 21.7. The number of rotatable bonds is 8. The highest BCUT2D eigenvalue weighted by atomic mass is 16.5. The number of nitrogens with zero attached hydrogens (tertiary/aromatic N) is 3. The van der Waals surface area contributed by atoms with Gasteiger partial charge in [-0.15, -0.1) is 0 Å². The number of aryl methyl sites for hydroxylation is 2. The van der Waals surface area contributed by atoms with Gasteiger partial charge >= 0.3 is 5.97 Å². The second-order valence-corrected chi connectivity index (χ2v) is 9.88. The molecule has 9 heteroatoms. The van der Waals surface area contributed by atoms with Crippen molar-refractivity contribution in [1.29, 1.82) is 0 Å². The number of benzene rings is 1. The number of aromatic nitrogens is 3. The molecule has 2 atom stereocenters. The first-order valence-corrected chi connectivity index (χ1v) is 12.5. The molecule has 1 saturated heterocycles. The van der Waals surface area contributed by atoms with E-state index in [-0.39, 0.29) is 17.7 Å². The van der Waals surface area contributed by atoms with E-state index < -0.39 is 18.1 Å². The lowest BCUT2D eigenvalue weighted by atomic mass is 10.1. The van der Waals surface area contributed by atoms with Crippen LogP contribution in [0.2, 0.25) is 0 Å². The quantitative estimate of drug-likeness (QED) is 0.462. The van der Waals surface area contributed by atoms with E-state index in [1.165, 1.54) is 0 Å². The van der Waals surface area contributed by atoms with Crippen LogP contribution in [0.1, 0.15) is 50.8 Å². The van der Waals surface area contributed by atoms with Crippen LogP contribution in [0.5, 0.6) is 0 Å². The van der Waals surface area contributed by atoms with Crippen molar-refractivity contribution in [1.82, 2.24) is 19.4 Å². The van der Waals surface area contributed by atoms with E-state index in [4.69, 9.17) is 14.5 Å². The van der Waals surface area contributed by atoms with Crippen molar-refractivity contribution in [3.63, 3.8) is 0 Å². The van der Waals surface area contributed by atoms with Crippen molar-refractivity contribution >= 4 is 17.0 Å². The number of aliphatic hydroxyl groups is 1. The SMILES string of the molecule is Cc1cc(-c2nc3ccc(CN[C@H](C(=O)OC(C)C)[C@@H](C)O)cc3n2C2CCOCC2)cn(C)c1=O. The van der Waals surface area contributed by atoms with E-state index in [1.807, 2.05) is 31.3 Å². The number of carbonyl (C=O) groups is 1. The first-order valence-electron chi connectivity index (χ1n) is 12.5. The zero-order chi connectivity index (χ0) is 26.0. The molecule has 1 fully saturated rings. The molecule has 1 aliphatic rings. The Morgan fingerprint density at radius 2 is 1.97 bits per heavy atom. The van der Waals surface area contributed by atoms with Gasteiger partial charge in [-0.3, -0.25) is 14.9 Å². The zero-order valence-electron chi connectivity index (χ0n) is 21.7. The van der Waals surface area contributed by atoms with Gasteiger partial charge in [0.1, 0.15) is 11.9 Å². The van der Waals surface area contributed by atoms with Gasteiger partial charge in [0, 0.05) is 50.2 Å². The van der Waals surface area contributed by atoms with Gasteiger partial charge < -0.3 is 23.7 Å². The molecule has 2 aromatic heterocycles. The lowest BCUT2D eigenvalue weighted by Crippen LogP contribution is -2.46. The van der Waals surface area contributed by atoms with E-state index in [0.29, 0.717) is 25.3 Å². The minimum Gasteiger partial charge on any atom is -0.462 e. The summed E-state index contributed by atoms with van der Waals surface area (Å²) in [4.78, 5) is 29.7. The highest BCUT2D eigenvalue weighted by Crippen LogP contribution is 2.33. The largest absolute Gasteiger partial charge is 0.462 e. The number of fused-ring (bicyclic) bond motifs is 1. The number of ether oxygens (including phenoxy) is 2. The molecule has 3 heterocycles. The fraction of sp³-hybridized carbons (Fsp3) is 0.519. The number of esters is 1. The summed E-state index contributed by atoms with van der Waals surface area (Å²) in [5, 5.41) is 13.3. The molecule has 0 unspecified atom stereocenters. The second-order valence-electron chi connectivity index (χ2n) is 9.88. The molecule has 0 saturated carbocycles. The van der Waals surface area contributed by atoms with E-state index in [9.17, 15) is 14.7 Å². The Morgan fingerprint density at radius 1 is 1.25 bits per heavy atom. The smallest absolute Gasteiger partial charge is 0.326 e. The first-order chi connectivity index (χ1) is 17.2. The summed E-state index contributed by atoms with van der Waals surface area (Å²) in [5.41, 5.74) is 4.34. The monoisotopic (exact) mass is 496 g/mol. The summed E-state index contributed by atoms with van der Waals surface area (Å²) in [6, 6.07) is 7.31.